The topological polar surface area (TPSA) is 32.3 Å². The number of hydrogen-bond donors (Lipinski definition) is 1. The van der Waals surface area contributed by atoms with Crippen LogP contribution in [0.2, 0.25) is 5.02 Å². The first-order chi connectivity index (χ1) is 7.70. The minimum Gasteiger partial charge on any atom is -0.337 e. The third-order valence-corrected chi connectivity index (χ3v) is 4.41. The van der Waals surface area contributed by atoms with Crippen LogP contribution in [0.5, 0.6) is 0 Å². The quantitative estimate of drug-likeness (QED) is 0.863. The van der Waals surface area contributed by atoms with Crippen LogP contribution in [0.25, 0.3) is 0 Å². The molecule has 0 aliphatic carbocycles. The van der Waals surface area contributed by atoms with E-state index in [9.17, 15) is 4.79 Å². The maximum atomic E-state index is 12.2. The Morgan fingerprint density at radius 3 is 2.88 bits per heavy atom. The molecule has 1 saturated heterocycles. The number of carbonyl (C=O) groups is 1. The summed E-state index contributed by atoms with van der Waals surface area (Å²) in [4.78, 5) is 14.8. The molecular formula is C11H16Cl2N2OS. The fraction of sp³-hybridized carbons (Fsp3) is 0.545. The molecule has 0 spiro atoms. The Labute approximate surface area is 117 Å². The van der Waals surface area contributed by atoms with Gasteiger partial charge in [-0.15, -0.1) is 23.7 Å². The highest BCUT2D eigenvalue weighted by Gasteiger charge is 2.21. The zero-order valence-electron chi connectivity index (χ0n) is 9.66. The van der Waals surface area contributed by atoms with Gasteiger partial charge in [-0.2, -0.15) is 0 Å². The molecule has 1 aliphatic rings. The smallest absolute Gasteiger partial charge is 0.265 e. The SMILES string of the molecule is Cc1csc(C(=O)N2CCCNCC2)c1Cl.Cl. The first-order valence-corrected chi connectivity index (χ1v) is 6.69. The van der Waals surface area contributed by atoms with Crippen molar-refractivity contribution in [1.82, 2.24) is 10.2 Å². The van der Waals surface area contributed by atoms with E-state index >= 15 is 0 Å². The Morgan fingerprint density at radius 2 is 2.24 bits per heavy atom. The second-order valence-corrected chi connectivity index (χ2v) is 5.22. The van der Waals surface area contributed by atoms with Crippen LogP contribution in [0.3, 0.4) is 0 Å². The molecule has 96 valence electrons. The van der Waals surface area contributed by atoms with Gasteiger partial charge in [-0.1, -0.05) is 11.6 Å². The molecule has 0 radical (unpaired) electrons. The van der Waals surface area contributed by atoms with Crippen molar-refractivity contribution in [1.29, 1.82) is 0 Å². The van der Waals surface area contributed by atoms with Gasteiger partial charge in [0.15, 0.2) is 0 Å². The third-order valence-electron chi connectivity index (χ3n) is 2.72. The molecule has 1 fully saturated rings. The number of thiophene rings is 1. The summed E-state index contributed by atoms with van der Waals surface area (Å²) < 4.78 is 0. The Kier molecular flexibility index (Phi) is 5.73. The molecule has 2 heterocycles. The highest BCUT2D eigenvalue weighted by Crippen LogP contribution is 2.28. The van der Waals surface area contributed by atoms with Crippen LogP contribution < -0.4 is 5.32 Å². The van der Waals surface area contributed by atoms with Crippen molar-refractivity contribution < 1.29 is 4.79 Å². The molecule has 0 aromatic carbocycles. The minimum atomic E-state index is 0. The molecule has 0 bridgehead atoms. The lowest BCUT2D eigenvalue weighted by Gasteiger charge is -2.19. The van der Waals surface area contributed by atoms with Crippen molar-refractivity contribution >= 4 is 41.3 Å². The zero-order chi connectivity index (χ0) is 11.5. The summed E-state index contributed by atoms with van der Waals surface area (Å²) in [6.07, 6.45) is 1.01. The molecule has 0 unspecified atom stereocenters. The van der Waals surface area contributed by atoms with Crippen molar-refractivity contribution in [2.45, 2.75) is 13.3 Å². The lowest BCUT2D eigenvalue weighted by Crippen LogP contribution is -2.33. The molecule has 6 heteroatoms. The van der Waals surface area contributed by atoms with E-state index in [0.29, 0.717) is 9.90 Å². The number of rotatable bonds is 1. The fourth-order valence-electron chi connectivity index (χ4n) is 1.77. The summed E-state index contributed by atoms with van der Waals surface area (Å²) in [5, 5.41) is 5.83. The van der Waals surface area contributed by atoms with Crippen LogP contribution in [-0.2, 0) is 0 Å². The molecule has 1 aliphatic heterocycles. The summed E-state index contributed by atoms with van der Waals surface area (Å²) in [6, 6.07) is 0. The highest BCUT2D eigenvalue weighted by molar-refractivity contribution is 7.13. The Morgan fingerprint density at radius 1 is 1.47 bits per heavy atom. The molecule has 1 amide bonds. The molecule has 2 rings (SSSR count). The predicted octanol–water partition coefficient (Wildman–Crippen LogP) is 2.57. The van der Waals surface area contributed by atoms with Gasteiger partial charge >= 0.3 is 0 Å². The maximum Gasteiger partial charge on any atom is 0.265 e. The number of amides is 1. The summed E-state index contributed by atoms with van der Waals surface area (Å²) in [7, 11) is 0. The first kappa shape index (κ1) is 14.8. The largest absolute Gasteiger partial charge is 0.337 e. The maximum absolute atomic E-state index is 12.2. The van der Waals surface area contributed by atoms with E-state index in [0.717, 1.165) is 38.2 Å². The summed E-state index contributed by atoms with van der Waals surface area (Å²) in [5.41, 5.74) is 0.989. The van der Waals surface area contributed by atoms with E-state index in [-0.39, 0.29) is 18.3 Å². The summed E-state index contributed by atoms with van der Waals surface area (Å²) >= 11 is 7.55. The molecular weight excluding hydrogens is 279 g/mol. The molecule has 3 nitrogen and oxygen atoms in total. The van der Waals surface area contributed by atoms with Gasteiger partial charge in [-0.25, -0.2) is 0 Å². The summed E-state index contributed by atoms with van der Waals surface area (Å²) in [5.74, 6) is 0.0757. The van der Waals surface area contributed by atoms with Crippen LogP contribution in [0.15, 0.2) is 5.38 Å². The van der Waals surface area contributed by atoms with Crippen LogP contribution in [0.4, 0.5) is 0 Å². The normalized spacial score (nSPS) is 16.2. The Bertz CT molecular complexity index is 387. The average molecular weight is 295 g/mol. The van der Waals surface area contributed by atoms with Crippen LogP contribution >= 0.6 is 35.3 Å². The minimum absolute atomic E-state index is 0. The second kappa shape index (κ2) is 6.59. The van der Waals surface area contributed by atoms with E-state index < -0.39 is 0 Å². The predicted molar refractivity (Wildman–Crippen MR) is 74.7 cm³/mol. The zero-order valence-corrected chi connectivity index (χ0v) is 12.1. The number of hydrogen-bond acceptors (Lipinski definition) is 3. The average Bonchev–Trinajstić information content (AvgIpc) is 2.53. The van der Waals surface area contributed by atoms with Gasteiger partial charge in [0.1, 0.15) is 4.88 Å². The number of halogens is 2. The van der Waals surface area contributed by atoms with Gasteiger partial charge in [-0.3, -0.25) is 4.79 Å². The number of nitrogens with one attached hydrogen (secondary N) is 1. The van der Waals surface area contributed by atoms with E-state index in [1.165, 1.54) is 11.3 Å². The van der Waals surface area contributed by atoms with Gasteiger partial charge in [0, 0.05) is 19.6 Å². The number of aryl methyl sites for hydroxylation is 1. The van der Waals surface area contributed by atoms with Gasteiger partial charge in [-0.05, 0) is 30.8 Å². The lowest BCUT2D eigenvalue weighted by atomic mass is 10.3. The number of carbonyl (C=O) groups excluding carboxylic acids is 1. The van der Waals surface area contributed by atoms with E-state index in [1.807, 2.05) is 17.2 Å². The van der Waals surface area contributed by atoms with Crippen LogP contribution in [-0.4, -0.2) is 37.0 Å². The number of nitrogens with zero attached hydrogens (tertiary/aromatic N) is 1. The van der Waals surface area contributed by atoms with Gasteiger partial charge < -0.3 is 10.2 Å². The van der Waals surface area contributed by atoms with E-state index in [1.54, 1.807) is 0 Å². The monoisotopic (exact) mass is 294 g/mol. The van der Waals surface area contributed by atoms with E-state index in [4.69, 9.17) is 11.6 Å². The van der Waals surface area contributed by atoms with Crippen molar-refractivity contribution in [3.63, 3.8) is 0 Å². The van der Waals surface area contributed by atoms with E-state index in [2.05, 4.69) is 5.32 Å². The standard InChI is InChI=1S/C11H15ClN2OS.ClH/c1-8-7-16-10(9(8)12)11(15)14-5-2-3-13-4-6-14;/h7,13H,2-6H2,1H3;1H. The Hall–Kier alpha value is -0.290. The Balaban J connectivity index is 0.00000144. The lowest BCUT2D eigenvalue weighted by molar-refractivity contribution is 0.0771. The molecule has 0 atom stereocenters. The third kappa shape index (κ3) is 3.35. The van der Waals surface area contributed by atoms with Crippen LogP contribution in [0, 0.1) is 6.92 Å². The second-order valence-electron chi connectivity index (χ2n) is 3.96. The van der Waals surface area contributed by atoms with Gasteiger partial charge in [0.05, 0.1) is 5.02 Å². The van der Waals surface area contributed by atoms with Crippen molar-refractivity contribution in [3.05, 3.63) is 20.8 Å². The fourth-order valence-corrected chi connectivity index (χ4v) is 3.01. The van der Waals surface area contributed by atoms with Crippen molar-refractivity contribution in [2.24, 2.45) is 0 Å². The van der Waals surface area contributed by atoms with Crippen molar-refractivity contribution in [2.75, 3.05) is 26.2 Å². The molecule has 1 aromatic rings. The molecule has 1 aromatic heterocycles. The highest BCUT2D eigenvalue weighted by atomic mass is 35.5. The molecule has 0 saturated carbocycles. The van der Waals surface area contributed by atoms with Gasteiger partial charge in [0.2, 0.25) is 0 Å². The van der Waals surface area contributed by atoms with Crippen molar-refractivity contribution in [3.8, 4) is 0 Å². The molecule has 17 heavy (non-hydrogen) atoms. The van der Waals surface area contributed by atoms with Gasteiger partial charge in [0.25, 0.3) is 5.91 Å². The van der Waals surface area contributed by atoms with Crippen LogP contribution in [0.1, 0.15) is 21.7 Å². The summed E-state index contributed by atoms with van der Waals surface area (Å²) in [6.45, 7) is 5.37. The molecule has 1 N–H and O–H groups in total. The first-order valence-electron chi connectivity index (χ1n) is 5.43.